The Morgan fingerprint density at radius 3 is 2.87 bits per heavy atom. The molecule has 8 heteroatoms. The average Bonchev–Trinajstić information content (AvgIpc) is 2.79. The van der Waals surface area contributed by atoms with E-state index in [1.54, 1.807) is 6.20 Å². The maximum absolute atomic E-state index is 14.8. The van der Waals surface area contributed by atoms with Gasteiger partial charge in [-0.15, -0.1) is 0 Å². The Morgan fingerprint density at radius 2 is 2.13 bits per heavy atom. The number of hydrogen-bond donors (Lipinski definition) is 4. The number of benzene rings is 1. The van der Waals surface area contributed by atoms with E-state index < -0.39 is 6.04 Å². The van der Waals surface area contributed by atoms with Gasteiger partial charge in [-0.3, -0.25) is 4.90 Å². The number of aryl methyl sites for hydroxylation is 1. The van der Waals surface area contributed by atoms with Crippen LogP contribution < -0.4 is 21.7 Å². The topological polar surface area (TPSA) is 95.3 Å². The highest BCUT2D eigenvalue weighted by molar-refractivity contribution is 5.77. The van der Waals surface area contributed by atoms with Crippen LogP contribution in [0.3, 0.4) is 0 Å². The minimum Gasteiger partial charge on any atom is -0.378 e. The quantitative estimate of drug-likeness (QED) is 0.482. The van der Waals surface area contributed by atoms with Crippen LogP contribution in [0.5, 0.6) is 0 Å². The van der Waals surface area contributed by atoms with E-state index in [2.05, 4.69) is 20.9 Å². The third-order valence-corrected chi connectivity index (χ3v) is 5.69. The van der Waals surface area contributed by atoms with E-state index in [9.17, 15) is 9.18 Å². The molecule has 0 bridgehead atoms. The molecule has 1 aromatic heterocycles. The van der Waals surface area contributed by atoms with Crippen LogP contribution in [0, 0.1) is 5.82 Å². The van der Waals surface area contributed by atoms with Crippen molar-refractivity contribution >= 4 is 23.9 Å². The Labute approximate surface area is 181 Å². The largest absolute Gasteiger partial charge is 0.378 e. The molecule has 5 N–H and O–H groups in total. The standard InChI is InChI=1S/C23H29FN6O/c24-20-13-19(4-3-17(20)14-30-10-8-26-9-11-30)29-23-22-16(5-7-27-21(22)15-31)12-18(28-23)2-1-6-25/h3-5,7,12-13,15,21,26-27H,1-2,6,8-11,14,25H2,(H,28,29). The summed E-state index contributed by atoms with van der Waals surface area (Å²) >= 11 is 0. The summed E-state index contributed by atoms with van der Waals surface area (Å²) in [7, 11) is 0. The lowest BCUT2D eigenvalue weighted by Gasteiger charge is -2.27. The zero-order valence-electron chi connectivity index (χ0n) is 17.5. The molecule has 2 aliphatic heterocycles. The first-order valence-electron chi connectivity index (χ1n) is 10.8. The molecule has 0 aliphatic carbocycles. The molecule has 7 nitrogen and oxygen atoms in total. The van der Waals surface area contributed by atoms with Gasteiger partial charge < -0.3 is 26.5 Å². The number of aldehydes is 1. The van der Waals surface area contributed by atoms with Crippen LogP contribution in [-0.2, 0) is 17.8 Å². The van der Waals surface area contributed by atoms with Crippen molar-refractivity contribution in [1.29, 1.82) is 0 Å². The van der Waals surface area contributed by atoms with Crippen molar-refractivity contribution in [3.63, 3.8) is 0 Å². The summed E-state index contributed by atoms with van der Waals surface area (Å²) in [6.07, 6.45) is 6.10. The van der Waals surface area contributed by atoms with Crippen LogP contribution in [0.15, 0.2) is 30.5 Å². The molecule has 2 aromatic rings. The zero-order valence-corrected chi connectivity index (χ0v) is 17.5. The van der Waals surface area contributed by atoms with E-state index in [-0.39, 0.29) is 5.82 Å². The fourth-order valence-corrected chi connectivity index (χ4v) is 4.03. The van der Waals surface area contributed by atoms with Crippen molar-refractivity contribution < 1.29 is 9.18 Å². The Morgan fingerprint density at radius 1 is 1.29 bits per heavy atom. The van der Waals surface area contributed by atoms with Crippen molar-refractivity contribution in [2.24, 2.45) is 5.73 Å². The number of nitrogens with one attached hydrogen (secondary N) is 3. The Kier molecular flexibility index (Phi) is 6.91. The summed E-state index contributed by atoms with van der Waals surface area (Å²) in [5.41, 5.74) is 9.51. The van der Waals surface area contributed by atoms with Gasteiger partial charge in [0.15, 0.2) is 0 Å². The van der Waals surface area contributed by atoms with Gasteiger partial charge in [0.05, 0.1) is 0 Å². The predicted octanol–water partition coefficient (Wildman–Crippen LogP) is 2.07. The Hall–Kier alpha value is -2.81. The number of piperazine rings is 1. The third-order valence-electron chi connectivity index (χ3n) is 5.69. The van der Waals surface area contributed by atoms with Crippen LogP contribution in [0.2, 0.25) is 0 Å². The molecule has 0 spiro atoms. The third kappa shape index (κ3) is 5.10. The lowest BCUT2D eigenvalue weighted by atomic mass is 9.97. The van der Waals surface area contributed by atoms with Gasteiger partial charge in [-0.2, -0.15) is 0 Å². The minimum absolute atomic E-state index is 0.248. The Balaban J connectivity index is 1.59. The molecular formula is C23H29FN6O. The molecular weight excluding hydrogens is 395 g/mol. The summed E-state index contributed by atoms with van der Waals surface area (Å²) in [5, 5.41) is 9.60. The fraction of sp³-hybridized carbons (Fsp3) is 0.391. The number of nitrogens with two attached hydrogens (primary N) is 1. The van der Waals surface area contributed by atoms with Gasteiger partial charge in [-0.25, -0.2) is 9.37 Å². The van der Waals surface area contributed by atoms with E-state index in [1.807, 2.05) is 24.3 Å². The first kappa shape index (κ1) is 21.4. The van der Waals surface area contributed by atoms with Gasteiger partial charge in [0.2, 0.25) is 0 Å². The van der Waals surface area contributed by atoms with E-state index in [0.29, 0.717) is 30.2 Å². The smallest absolute Gasteiger partial charge is 0.146 e. The number of nitrogens with zero attached hydrogens (tertiary/aromatic N) is 2. The van der Waals surface area contributed by atoms with E-state index in [4.69, 9.17) is 10.7 Å². The molecule has 1 unspecified atom stereocenters. The molecule has 164 valence electrons. The maximum Gasteiger partial charge on any atom is 0.146 e. The van der Waals surface area contributed by atoms with Crippen molar-refractivity contribution in [2.75, 3.05) is 38.0 Å². The summed E-state index contributed by atoms with van der Waals surface area (Å²) in [6, 6.07) is 6.67. The van der Waals surface area contributed by atoms with Crippen molar-refractivity contribution in [2.45, 2.75) is 25.4 Å². The molecule has 2 aliphatic rings. The summed E-state index contributed by atoms with van der Waals surface area (Å²) in [6.45, 7) is 4.86. The van der Waals surface area contributed by atoms with Crippen LogP contribution in [0.4, 0.5) is 15.9 Å². The second-order valence-electron chi connectivity index (χ2n) is 7.93. The number of halogens is 1. The Bertz CT molecular complexity index is 957. The average molecular weight is 425 g/mol. The van der Waals surface area contributed by atoms with Crippen molar-refractivity contribution in [1.82, 2.24) is 20.5 Å². The maximum atomic E-state index is 14.8. The molecule has 0 saturated carbocycles. The van der Waals surface area contributed by atoms with Gasteiger partial charge in [-0.05, 0) is 55.4 Å². The van der Waals surface area contributed by atoms with Crippen LogP contribution in [-0.4, -0.2) is 48.9 Å². The van der Waals surface area contributed by atoms with Gasteiger partial charge in [0.25, 0.3) is 0 Å². The molecule has 0 radical (unpaired) electrons. The fourth-order valence-electron chi connectivity index (χ4n) is 4.03. The number of carbonyl (C=O) groups is 1. The van der Waals surface area contributed by atoms with Crippen molar-refractivity contribution in [3.05, 3.63) is 58.7 Å². The number of fused-ring (bicyclic) bond motifs is 1. The first-order chi connectivity index (χ1) is 15.2. The van der Waals surface area contributed by atoms with Crippen LogP contribution in [0.1, 0.15) is 34.8 Å². The predicted molar refractivity (Wildman–Crippen MR) is 120 cm³/mol. The van der Waals surface area contributed by atoms with E-state index >= 15 is 0 Å². The number of hydrogen-bond acceptors (Lipinski definition) is 7. The summed E-state index contributed by atoms with van der Waals surface area (Å²) < 4.78 is 14.8. The molecule has 4 rings (SSSR count). The second kappa shape index (κ2) is 10.00. The number of rotatable bonds is 8. The van der Waals surface area contributed by atoms with Crippen LogP contribution in [0.25, 0.3) is 6.08 Å². The zero-order chi connectivity index (χ0) is 21.6. The molecule has 1 aromatic carbocycles. The lowest BCUT2D eigenvalue weighted by Crippen LogP contribution is -2.43. The van der Waals surface area contributed by atoms with Gasteiger partial charge in [-0.1, -0.05) is 6.07 Å². The number of aromatic nitrogens is 1. The van der Waals surface area contributed by atoms with Gasteiger partial charge in [0, 0.05) is 55.2 Å². The first-order valence-corrected chi connectivity index (χ1v) is 10.8. The monoisotopic (exact) mass is 424 g/mol. The van der Waals surface area contributed by atoms with E-state index in [1.165, 1.54) is 6.07 Å². The highest BCUT2D eigenvalue weighted by Gasteiger charge is 2.22. The highest BCUT2D eigenvalue weighted by atomic mass is 19.1. The number of anilines is 2. The summed E-state index contributed by atoms with van der Waals surface area (Å²) in [4.78, 5) is 18.6. The molecule has 1 atom stereocenters. The lowest BCUT2D eigenvalue weighted by molar-refractivity contribution is -0.109. The normalized spacial score (nSPS) is 18.3. The number of pyridine rings is 1. The van der Waals surface area contributed by atoms with Crippen molar-refractivity contribution in [3.8, 4) is 0 Å². The highest BCUT2D eigenvalue weighted by Crippen LogP contribution is 2.32. The molecule has 1 saturated heterocycles. The SMILES string of the molecule is NCCCc1cc2c(c(Nc3ccc(CN4CCNCC4)c(F)c3)n1)C(C=O)NC=C2. The minimum atomic E-state index is -0.504. The van der Waals surface area contributed by atoms with Gasteiger partial charge in [0.1, 0.15) is 24.0 Å². The van der Waals surface area contributed by atoms with Gasteiger partial charge >= 0.3 is 0 Å². The van der Waals surface area contributed by atoms with E-state index in [0.717, 1.165) is 62.1 Å². The number of carbonyl (C=O) groups excluding carboxylic acids is 1. The molecule has 3 heterocycles. The molecule has 1 fully saturated rings. The van der Waals surface area contributed by atoms with Crippen LogP contribution >= 0.6 is 0 Å². The molecule has 0 amide bonds. The second-order valence-corrected chi connectivity index (χ2v) is 7.93. The summed E-state index contributed by atoms with van der Waals surface area (Å²) in [5.74, 6) is 0.314. The molecule has 31 heavy (non-hydrogen) atoms.